The minimum atomic E-state index is -4.00. The molecule has 3 aromatic rings. The van der Waals surface area contributed by atoms with Gasteiger partial charge in [0.1, 0.15) is 23.6 Å². The molecule has 1 amide bonds. The third-order valence-electron chi connectivity index (χ3n) is 6.27. The van der Waals surface area contributed by atoms with Crippen molar-refractivity contribution in [1.29, 1.82) is 0 Å². The first-order chi connectivity index (χ1) is 17.5. The second kappa shape index (κ2) is 10.7. The van der Waals surface area contributed by atoms with E-state index in [0.29, 0.717) is 23.6 Å². The van der Waals surface area contributed by atoms with E-state index in [0.717, 1.165) is 20.3 Å². The number of aryl methyl sites for hydroxylation is 1. The third-order valence-corrected chi connectivity index (χ3v) is 8.80. The number of sulfonamides is 1. The van der Waals surface area contributed by atoms with Crippen molar-refractivity contribution in [1.82, 2.24) is 5.32 Å². The fraction of sp³-hybridized carbons (Fsp3) is 0.321. The topological polar surface area (TPSA) is 84.9 Å². The summed E-state index contributed by atoms with van der Waals surface area (Å²) in [5.41, 5.74) is 1.71. The van der Waals surface area contributed by atoms with Crippen LogP contribution in [0.25, 0.3) is 0 Å². The van der Waals surface area contributed by atoms with Gasteiger partial charge in [-0.1, -0.05) is 17.7 Å². The normalized spacial score (nSPS) is 16.3. The van der Waals surface area contributed by atoms with Crippen LogP contribution in [0.2, 0.25) is 0 Å². The summed E-state index contributed by atoms with van der Waals surface area (Å²) in [6.45, 7) is 5.47. The lowest BCUT2D eigenvalue weighted by Crippen LogP contribution is -2.45. The van der Waals surface area contributed by atoms with Crippen LogP contribution in [0.5, 0.6) is 11.5 Å². The van der Waals surface area contributed by atoms with Crippen LogP contribution < -0.4 is 19.1 Å². The van der Waals surface area contributed by atoms with Crippen molar-refractivity contribution in [2.45, 2.75) is 48.6 Å². The number of fused-ring (bicyclic) bond motifs is 1. The Labute approximate surface area is 223 Å². The molecule has 7 nitrogen and oxygen atoms in total. The molecule has 1 unspecified atom stereocenters. The Morgan fingerprint density at radius 3 is 2.41 bits per heavy atom. The van der Waals surface area contributed by atoms with Crippen LogP contribution >= 0.6 is 11.8 Å². The van der Waals surface area contributed by atoms with E-state index >= 15 is 0 Å². The number of anilines is 1. The van der Waals surface area contributed by atoms with Gasteiger partial charge in [0.05, 0.1) is 23.7 Å². The van der Waals surface area contributed by atoms with Crippen LogP contribution in [0.4, 0.5) is 5.69 Å². The monoisotopic (exact) mass is 540 g/mol. The minimum Gasteiger partial charge on any atom is -0.497 e. The van der Waals surface area contributed by atoms with Gasteiger partial charge in [-0.2, -0.15) is 0 Å². The maximum atomic E-state index is 13.7. The van der Waals surface area contributed by atoms with Crippen molar-refractivity contribution < 1.29 is 22.7 Å². The van der Waals surface area contributed by atoms with E-state index in [-0.39, 0.29) is 17.5 Å². The molecule has 0 radical (unpaired) electrons. The molecule has 0 fully saturated rings. The standard InChI is InChI=1S/C28H32N2O5S2/c1-19-6-8-20(9-7-19)30(37(32,33)23-13-11-22(36-5)12-14-23)18-27(31)29-25-17-28(2,3)35-26-16-21(34-4)10-15-24(25)26/h6-16,25H,17-18H2,1-5H3,(H,29,31). The van der Waals surface area contributed by atoms with Crippen LogP contribution in [-0.4, -0.2) is 39.8 Å². The quantitative estimate of drug-likeness (QED) is 0.388. The van der Waals surface area contributed by atoms with Crippen molar-refractivity contribution in [3.63, 3.8) is 0 Å². The number of carbonyl (C=O) groups excluding carboxylic acids is 1. The summed E-state index contributed by atoms with van der Waals surface area (Å²) in [7, 11) is -2.41. The van der Waals surface area contributed by atoms with Gasteiger partial charge in [-0.25, -0.2) is 8.42 Å². The molecular weight excluding hydrogens is 508 g/mol. The lowest BCUT2D eigenvalue weighted by molar-refractivity contribution is -0.120. The molecule has 0 aliphatic carbocycles. The highest BCUT2D eigenvalue weighted by atomic mass is 32.2. The van der Waals surface area contributed by atoms with Gasteiger partial charge < -0.3 is 14.8 Å². The first kappa shape index (κ1) is 26.9. The zero-order chi connectivity index (χ0) is 26.8. The zero-order valence-electron chi connectivity index (χ0n) is 21.6. The average Bonchev–Trinajstić information content (AvgIpc) is 2.86. The van der Waals surface area contributed by atoms with Crippen molar-refractivity contribution in [2.75, 3.05) is 24.2 Å². The summed E-state index contributed by atoms with van der Waals surface area (Å²) >= 11 is 1.53. The number of benzene rings is 3. The zero-order valence-corrected chi connectivity index (χ0v) is 23.3. The van der Waals surface area contributed by atoms with Gasteiger partial charge in [0, 0.05) is 22.9 Å². The summed E-state index contributed by atoms with van der Waals surface area (Å²) in [6, 6.07) is 18.9. The Morgan fingerprint density at radius 2 is 1.78 bits per heavy atom. The van der Waals surface area contributed by atoms with Gasteiger partial charge in [-0.05, 0) is 75.6 Å². The number of thioether (sulfide) groups is 1. The SMILES string of the molecule is COc1ccc2c(c1)OC(C)(C)CC2NC(=O)CN(c1ccc(C)cc1)S(=O)(=O)c1ccc(SC)cc1. The average molecular weight is 541 g/mol. The fourth-order valence-corrected chi connectivity index (χ4v) is 6.19. The van der Waals surface area contributed by atoms with Crippen molar-refractivity contribution in [2.24, 2.45) is 0 Å². The number of carbonyl (C=O) groups is 1. The van der Waals surface area contributed by atoms with Crippen molar-refractivity contribution in [3.05, 3.63) is 77.9 Å². The Bertz CT molecular complexity index is 1370. The molecule has 4 rings (SSSR count). The molecule has 0 saturated heterocycles. The molecular formula is C28H32N2O5S2. The summed E-state index contributed by atoms with van der Waals surface area (Å²) in [5, 5.41) is 3.05. The van der Waals surface area contributed by atoms with E-state index < -0.39 is 21.5 Å². The van der Waals surface area contributed by atoms with Crippen LogP contribution in [0.1, 0.15) is 37.4 Å². The second-order valence-electron chi connectivity index (χ2n) is 9.61. The summed E-state index contributed by atoms with van der Waals surface area (Å²) in [4.78, 5) is 14.5. The Balaban J connectivity index is 1.64. The maximum absolute atomic E-state index is 13.7. The highest BCUT2D eigenvalue weighted by molar-refractivity contribution is 7.98. The number of amides is 1. The number of ether oxygens (including phenoxy) is 2. The molecule has 0 spiro atoms. The minimum absolute atomic E-state index is 0.128. The van der Waals surface area contributed by atoms with Crippen molar-refractivity contribution >= 4 is 33.4 Å². The van der Waals surface area contributed by atoms with Crippen molar-refractivity contribution in [3.8, 4) is 11.5 Å². The van der Waals surface area contributed by atoms with E-state index in [9.17, 15) is 13.2 Å². The number of rotatable bonds is 8. The van der Waals surface area contributed by atoms with Gasteiger partial charge in [-0.3, -0.25) is 9.10 Å². The number of nitrogens with one attached hydrogen (secondary N) is 1. The van der Waals surface area contributed by atoms with E-state index in [1.54, 1.807) is 49.6 Å². The van der Waals surface area contributed by atoms with Gasteiger partial charge in [0.2, 0.25) is 5.91 Å². The van der Waals surface area contributed by atoms with Crippen LogP contribution in [-0.2, 0) is 14.8 Å². The molecule has 3 aromatic carbocycles. The van der Waals surface area contributed by atoms with Gasteiger partial charge in [0.15, 0.2) is 0 Å². The highest BCUT2D eigenvalue weighted by Gasteiger charge is 2.36. The molecule has 37 heavy (non-hydrogen) atoms. The Hall–Kier alpha value is -3.17. The van der Waals surface area contributed by atoms with Crippen LogP contribution in [0.15, 0.2) is 76.5 Å². The third kappa shape index (κ3) is 6.05. The lowest BCUT2D eigenvalue weighted by Gasteiger charge is -2.38. The maximum Gasteiger partial charge on any atom is 0.264 e. The van der Waals surface area contributed by atoms with Crippen LogP contribution in [0, 0.1) is 6.92 Å². The molecule has 1 aliphatic heterocycles. The van der Waals surface area contributed by atoms with E-state index in [4.69, 9.17) is 9.47 Å². The first-order valence-corrected chi connectivity index (χ1v) is 14.6. The number of nitrogens with zero attached hydrogens (tertiary/aromatic N) is 1. The predicted molar refractivity (Wildman–Crippen MR) is 147 cm³/mol. The molecule has 196 valence electrons. The Morgan fingerprint density at radius 1 is 1.11 bits per heavy atom. The molecule has 1 atom stereocenters. The van der Waals surface area contributed by atoms with E-state index in [2.05, 4.69) is 5.32 Å². The van der Waals surface area contributed by atoms with Gasteiger partial charge in [0.25, 0.3) is 10.0 Å². The fourth-order valence-electron chi connectivity index (χ4n) is 4.36. The summed E-state index contributed by atoms with van der Waals surface area (Å²) < 4.78 is 40.1. The van der Waals surface area contributed by atoms with Gasteiger partial charge >= 0.3 is 0 Å². The molecule has 1 heterocycles. The van der Waals surface area contributed by atoms with E-state index in [1.165, 1.54) is 11.8 Å². The molecule has 0 saturated carbocycles. The second-order valence-corrected chi connectivity index (χ2v) is 12.4. The number of hydrogen-bond acceptors (Lipinski definition) is 6. The molecule has 1 aliphatic rings. The molecule has 9 heteroatoms. The lowest BCUT2D eigenvalue weighted by atomic mass is 9.89. The van der Waals surface area contributed by atoms with E-state index in [1.807, 2.05) is 51.3 Å². The largest absolute Gasteiger partial charge is 0.497 e. The Kier molecular flexibility index (Phi) is 7.75. The smallest absolute Gasteiger partial charge is 0.264 e. The predicted octanol–water partition coefficient (Wildman–Crippen LogP) is 5.34. The number of hydrogen-bond donors (Lipinski definition) is 1. The van der Waals surface area contributed by atoms with Crippen LogP contribution in [0.3, 0.4) is 0 Å². The number of methoxy groups -OCH3 is 1. The molecule has 1 N–H and O–H groups in total. The summed E-state index contributed by atoms with van der Waals surface area (Å²) in [5.74, 6) is 0.887. The highest BCUT2D eigenvalue weighted by Crippen LogP contribution is 2.41. The molecule has 0 bridgehead atoms. The molecule has 0 aromatic heterocycles. The van der Waals surface area contributed by atoms with Gasteiger partial charge in [-0.15, -0.1) is 11.8 Å². The first-order valence-electron chi connectivity index (χ1n) is 11.9. The summed E-state index contributed by atoms with van der Waals surface area (Å²) in [6.07, 6.45) is 2.46.